The third-order valence-electron chi connectivity index (χ3n) is 6.30. The second-order valence-electron chi connectivity index (χ2n) is 10.8. The summed E-state index contributed by atoms with van der Waals surface area (Å²) in [5.74, 6) is -0.975. The minimum absolute atomic E-state index is 0.0594. The van der Waals surface area contributed by atoms with Gasteiger partial charge in [0.25, 0.3) is 5.91 Å². The molecule has 2 aromatic rings. The second kappa shape index (κ2) is 13.7. The molecule has 3 unspecified atom stereocenters. The lowest BCUT2D eigenvalue weighted by molar-refractivity contribution is -0.138. The highest BCUT2D eigenvalue weighted by molar-refractivity contribution is 5.93. The van der Waals surface area contributed by atoms with Crippen LogP contribution in [0.4, 0.5) is 4.79 Å². The molecule has 0 aliphatic carbocycles. The third-order valence-corrected chi connectivity index (χ3v) is 6.30. The minimum Gasteiger partial charge on any atom is -0.508 e. The number of terminal acetylenes is 1. The van der Waals surface area contributed by atoms with E-state index in [0.717, 1.165) is 28.9 Å². The highest BCUT2D eigenvalue weighted by atomic mass is 16.6. The van der Waals surface area contributed by atoms with Crippen molar-refractivity contribution >= 4 is 17.9 Å². The molecule has 210 valence electrons. The summed E-state index contributed by atoms with van der Waals surface area (Å²) in [5, 5.41) is 15.3. The van der Waals surface area contributed by atoms with Crippen molar-refractivity contribution in [1.82, 2.24) is 15.5 Å². The minimum atomic E-state index is -1.14. The molecule has 8 nitrogen and oxygen atoms in total. The van der Waals surface area contributed by atoms with E-state index in [1.165, 1.54) is 12.1 Å². The number of benzene rings is 2. The van der Waals surface area contributed by atoms with Crippen molar-refractivity contribution in [3.63, 3.8) is 0 Å². The standard InChI is InChI=1S/C31H41N3O5/c1-9-12-21(4)32-28(36)27(25-14-11-13-20(3)22(25)5)34(10-2)29(37)26(33-30(38)39-31(6,7)8)19-23-15-17-24(35)18-16-23/h2,11,13-18,21,26-27,35H,9,12,19H2,1,3-8H3,(H,32,36)(H,33,38). The van der Waals surface area contributed by atoms with E-state index >= 15 is 0 Å². The van der Waals surface area contributed by atoms with Gasteiger partial charge in [-0.25, -0.2) is 4.79 Å². The average molecular weight is 536 g/mol. The fraction of sp³-hybridized carbons (Fsp3) is 0.452. The molecular formula is C31H41N3O5. The molecule has 0 bridgehead atoms. The van der Waals surface area contributed by atoms with Gasteiger partial charge in [0.1, 0.15) is 23.4 Å². The number of hydrogen-bond donors (Lipinski definition) is 3. The lowest BCUT2D eigenvalue weighted by Crippen LogP contribution is -2.53. The first-order valence-electron chi connectivity index (χ1n) is 13.2. The summed E-state index contributed by atoms with van der Waals surface area (Å²) < 4.78 is 5.40. The third kappa shape index (κ3) is 9.06. The van der Waals surface area contributed by atoms with Crippen LogP contribution in [0.2, 0.25) is 0 Å². The van der Waals surface area contributed by atoms with Crippen molar-refractivity contribution in [1.29, 1.82) is 0 Å². The molecule has 0 heterocycles. The molecule has 0 aliphatic rings. The summed E-state index contributed by atoms with van der Waals surface area (Å²) in [5.41, 5.74) is 2.26. The summed E-state index contributed by atoms with van der Waals surface area (Å²) in [6.45, 7) is 12.9. The van der Waals surface area contributed by atoms with Crippen LogP contribution < -0.4 is 10.6 Å². The summed E-state index contributed by atoms with van der Waals surface area (Å²) in [6.07, 6.45) is 6.82. The van der Waals surface area contributed by atoms with Crippen molar-refractivity contribution in [2.75, 3.05) is 0 Å². The van der Waals surface area contributed by atoms with Crippen molar-refractivity contribution in [2.24, 2.45) is 0 Å². The van der Waals surface area contributed by atoms with E-state index in [-0.39, 0.29) is 18.2 Å². The normalized spacial score (nSPS) is 13.4. The van der Waals surface area contributed by atoms with Crippen LogP contribution in [0.3, 0.4) is 0 Å². The van der Waals surface area contributed by atoms with E-state index < -0.39 is 35.6 Å². The number of ether oxygens (including phenoxy) is 1. The fourth-order valence-corrected chi connectivity index (χ4v) is 4.25. The number of aromatic hydroxyl groups is 1. The van der Waals surface area contributed by atoms with Crippen LogP contribution in [0.1, 0.15) is 75.8 Å². The van der Waals surface area contributed by atoms with E-state index in [0.29, 0.717) is 11.1 Å². The van der Waals surface area contributed by atoms with Crippen LogP contribution in [0.15, 0.2) is 42.5 Å². The summed E-state index contributed by atoms with van der Waals surface area (Å²) in [4.78, 5) is 41.5. The molecule has 8 heteroatoms. The number of phenols is 1. The van der Waals surface area contributed by atoms with E-state index in [1.807, 2.05) is 39.8 Å². The Hall–Kier alpha value is -3.99. The highest BCUT2D eigenvalue weighted by Crippen LogP contribution is 2.27. The Morgan fingerprint density at radius 2 is 1.72 bits per heavy atom. The number of rotatable bonds is 10. The Balaban J connectivity index is 2.54. The molecule has 2 aromatic carbocycles. The predicted octanol–water partition coefficient (Wildman–Crippen LogP) is 4.91. The van der Waals surface area contributed by atoms with E-state index in [2.05, 4.69) is 16.7 Å². The van der Waals surface area contributed by atoms with Crippen molar-refractivity contribution in [2.45, 2.75) is 91.5 Å². The monoisotopic (exact) mass is 535 g/mol. The number of alkyl carbamates (subject to hydrolysis) is 1. The summed E-state index contributed by atoms with van der Waals surface area (Å²) >= 11 is 0. The van der Waals surface area contributed by atoms with Gasteiger partial charge >= 0.3 is 6.09 Å². The Bertz CT molecular complexity index is 1190. The number of carbonyl (C=O) groups is 3. The zero-order valence-corrected chi connectivity index (χ0v) is 24.0. The van der Waals surface area contributed by atoms with Crippen LogP contribution >= 0.6 is 0 Å². The topological polar surface area (TPSA) is 108 Å². The van der Waals surface area contributed by atoms with Gasteiger partial charge in [-0.05, 0) is 82.3 Å². The SMILES string of the molecule is C#CN(C(=O)C(Cc1ccc(O)cc1)NC(=O)OC(C)(C)C)C(C(=O)NC(C)CCC)c1cccc(C)c1C. The van der Waals surface area contributed by atoms with Crippen LogP contribution in [-0.2, 0) is 20.7 Å². The molecular weight excluding hydrogens is 494 g/mol. The van der Waals surface area contributed by atoms with Gasteiger partial charge in [0, 0.05) is 18.5 Å². The number of carbonyl (C=O) groups excluding carboxylic acids is 3. The maximum Gasteiger partial charge on any atom is 0.408 e. The van der Waals surface area contributed by atoms with Gasteiger partial charge in [0.2, 0.25) is 5.91 Å². The Kier molecular flexibility index (Phi) is 11.0. The lowest BCUT2D eigenvalue weighted by Gasteiger charge is -2.32. The van der Waals surface area contributed by atoms with Gasteiger partial charge in [-0.3, -0.25) is 14.5 Å². The Morgan fingerprint density at radius 1 is 1.08 bits per heavy atom. The molecule has 2 rings (SSSR count). The van der Waals surface area contributed by atoms with Crippen LogP contribution in [-0.4, -0.2) is 45.6 Å². The number of phenolic OH excluding ortho intramolecular Hbond substituents is 1. The molecule has 0 saturated carbocycles. The zero-order valence-electron chi connectivity index (χ0n) is 24.0. The van der Waals surface area contributed by atoms with Gasteiger partial charge in [0.05, 0.1) is 0 Å². The number of aryl methyl sites for hydroxylation is 1. The van der Waals surface area contributed by atoms with Gasteiger partial charge < -0.3 is 20.5 Å². The van der Waals surface area contributed by atoms with E-state index in [9.17, 15) is 19.5 Å². The molecule has 0 fully saturated rings. The number of amides is 3. The van der Waals surface area contributed by atoms with Crippen LogP contribution in [0.5, 0.6) is 5.75 Å². The first kappa shape index (κ1) is 31.2. The highest BCUT2D eigenvalue weighted by Gasteiger charge is 2.37. The smallest absolute Gasteiger partial charge is 0.408 e. The van der Waals surface area contributed by atoms with Gasteiger partial charge in [-0.15, -0.1) is 0 Å². The summed E-state index contributed by atoms with van der Waals surface area (Å²) in [7, 11) is 0. The molecule has 3 amide bonds. The number of nitrogens with zero attached hydrogens (tertiary/aromatic N) is 1. The molecule has 39 heavy (non-hydrogen) atoms. The Labute approximate surface area is 232 Å². The van der Waals surface area contributed by atoms with Crippen LogP contribution in [0, 0.1) is 26.3 Å². The number of nitrogens with one attached hydrogen (secondary N) is 2. The maximum absolute atomic E-state index is 14.1. The molecule has 0 aliphatic heterocycles. The van der Waals surface area contributed by atoms with Gasteiger partial charge in [-0.1, -0.05) is 50.1 Å². The van der Waals surface area contributed by atoms with Gasteiger partial charge in [-0.2, -0.15) is 0 Å². The molecule has 0 spiro atoms. The van der Waals surface area contributed by atoms with Crippen molar-refractivity contribution < 1.29 is 24.2 Å². The predicted molar refractivity (Wildman–Crippen MR) is 152 cm³/mol. The number of hydrogen-bond acceptors (Lipinski definition) is 5. The largest absolute Gasteiger partial charge is 0.508 e. The van der Waals surface area contributed by atoms with Crippen LogP contribution in [0.25, 0.3) is 0 Å². The average Bonchev–Trinajstić information content (AvgIpc) is 2.84. The quantitative estimate of drug-likeness (QED) is 0.296. The fourth-order valence-electron chi connectivity index (χ4n) is 4.25. The van der Waals surface area contributed by atoms with E-state index in [1.54, 1.807) is 39.0 Å². The summed E-state index contributed by atoms with van der Waals surface area (Å²) in [6, 6.07) is 11.8. The second-order valence-corrected chi connectivity index (χ2v) is 10.8. The molecule has 3 atom stereocenters. The first-order chi connectivity index (χ1) is 18.3. The molecule has 3 N–H and O–H groups in total. The van der Waals surface area contributed by atoms with E-state index in [4.69, 9.17) is 11.2 Å². The first-order valence-corrected chi connectivity index (χ1v) is 13.2. The van der Waals surface area contributed by atoms with Gasteiger partial charge in [0.15, 0.2) is 0 Å². The lowest BCUT2D eigenvalue weighted by atomic mass is 9.94. The Morgan fingerprint density at radius 3 is 2.28 bits per heavy atom. The molecule has 0 aromatic heterocycles. The zero-order chi connectivity index (χ0) is 29.3. The van der Waals surface area contributed by atoms with Crippen molar-refractivity contribution in [3.05, 3.63) is 64.7 Å². The molecule has 0 radical (unpaired) electrons. The van der Waals surface area contributed by atoms with Crippen molar-refractivity contribution in [3.8, 4) is 18.2 Å². The molecule has 0 saturated heterocycles. The maximum atomic E-state index is 14.1.